The molecule has 0 N–H and O–H groups in total. The number of hydrogen-bond acceptors (Lipinski definition) is 3. The highest BCUT2D eigenvalue weighted by Gasteiger charge is 2.30. The number of carbonyl (C=O) groups is 2. The Kier molecular flexibility index (Phi) is 6.87. The molecule has 0 aliphatic rings. The number of unbranched alkanes of at least 4 members (excludes halogenated alkanes) is 1. The van der Waals surface area contributed by atoms with Gasteiger partial charge in [-0.05, 0) is 52.3 Å². The Morgan fingerprint density at radius 2 is 1.83 bits per heavy atom. The maximum Gasteiger partial charge on any atom is 0.410 e. The zero-order valence-corrected chi connectivity index (χ0v) is 14.9. The number of nitrogens with zero attached hydrogens (tertiary/aromatic N) is 1. The zero-order chi connectivity index (χ0) is 18.5. The van der Waals surface area contributed by atoms with Crippen molar-refractivity contribution < 1.29 is 23.1 Å². The number of ketones is 1. The first-order chi connectivity index (χ1) is 11.1. The molecule has 1 rings (SSSR count). The van der Waals surface area contributed by atoms with Crippen LogP contribution in [-0.2, 0) is 4.74 Å². The van der Waals surface area contributed by atoms with Crippen LogP contribution < -0.4 is 0 Å². The lowest BCUT2D eigenvalue weighted by molar-refractivity contribution is 0.0172. The molecule has 24 heavy (non-hydrogen) atoms. The monoisotopic (exact) mass is 341 g/mol. The van der Waals surface area contributed by atoms with Gasteiger partial charge in [0.25, 0.3) is 0 Å². The largest absolute Gasteiger partial charge is 0.444 e. The summed E-state index contributed by atoms with van der Waals surface area (Å²) in [6, 6.07) is 2.13. The van der Waals surface area contributed by atoms with Gasteiger partial charge in [-0.3, -0.25) is 9.69 Å². The standard InChI is InChI=1S/C18H25F2NO3/c1-6-7-10-21(17(23)24-18(3,4)5)12(2)16(22)13-8-9-14(19)15(20)11-13/h8-9,11-12H,6-7,10H2,1-5H3. The maximum atomic E-state index is 13.4. The second kappa shape index (κ2) is 8.22. The summed E-state index contributed by atoms with van der Waals surface area (Å²) in [5.74, 6) is -2.57. The first-order valence-electron chi connectivity index (χ1n) is 8.05. The molecule has 0 spiro atoms. The molecule has 0 aromatic heterocycles. The van der Waals surface area contributed by atoms with E-state index in [1.165, 1.54) is 11.0 Å². The number of halogens is 2. The van der Waals surface area contributed by atoms with Crippen molar-refractivity contribution in [1.82, 2.24) is 4.90 Å². The SMILES string of the molecule is CCCCN(C(=O)OC(C)(C)C)C(C)C(=O)c1ccc(F)c(F)c1. The Hall–Kier alpha value is -1.98. The van der Waals surface area contributed by atoms with Crippen molar-refractivity contribution in [2.24, 2.45) is 0 Å². The third kappa shape index (κ3) is 5.58. The minimum absolute atomic E-state index is 0.0199. The van der Waals surface area contributed by atoms with Crippen molar-refractivity contribution in [1.29, 1.82) is 0 Å². The third-order valence-electron chi connectivity index (χ3n) is 3.43. The van der Waals surface area contributed by atoms with Gasteiger partial charge in [-0.15, -0.1) is 0 Å². The van der Waals surface area contributed by atoms with Crippen LogP contribution in [0.5, 0.6) is 0 Å². The van der Waals surface area contributed by atoms with E-state index in [0.717, 1.165) is 18.6 Å². The van der Waals surface area contributed by atoms with Crippen molar-refractivity contribution in [3.8, 4) is 0 Å². The van der Waals surface area contributed by atoms with Gasteiger partial charge in [-0.1, -0.05) is 13.3 Å². The molecule has 0 bridgehead atoms. The van der Waals surface area contributed by atoms with Crippen LogP contribution in [0.15, 0.2) is 18.2 Å². The Morgan fingerprint density at radius 1 is 1.21 bits per heavy atom. The highest BCUT2D eigenvalue weighted by atomic mass is 19.2. The van der Waals surface area contributed by atoms with E-state index in [1.54, 1.807) is 27.7 Å². The fraction of sp³-hybridized carbons (Fsp3) is 0.556. The van der Waals surface area contributed by atoms with Gasteiger partial charge in [0.15, 0.2) is 17.4 Å². The first kappa shape index (κ1) is 20.1. The molecule has 0 fully saturated rings. The number of Topliss-reactive ketones (excluding diaryl/α,β-unsaturated/α-hetero) is 1. The molecular formula is C18H25F2NO3. The van der Waals surface area contributed by atoms with Crippen molar-refractivity contribution in [2.75, 3.05) is 6.54 Å². The molecule has 1 amide bonds. The van der Waals surface area contributed by atoms with Crippen molar-refractivity contribution in [3.05, 3.63) is 35.4 Å². The minimum atomic E-state index is -1.09. The number of hydrogen-bond donors (Lipinski definition) is 0. The van der Waals surface area contributed by atoms with Crippen molar-refractivity contribution >= 4 is 11.9 Å². The maximum absolute atomic E-state index is 13.4. The summed E-state index contributed by atoms with van der Waals surface area (Å²) in [7, 11) is 0. The summed E-state index contributed by atoms with van der Waals surface area (Å²) in [5.41, 5.74) is -0.668. The van der Waals surface area contributed by atoms with Crippen LogP contribution in [0.3, 0.4) is 0 Å². The molecule has 0 saturated carbocycles. The molecule has 0 radical (unpaired) electrons. The molecule has 0 saturated heterocycles. The predicted molar refractivity (Wildman–Crippen MR) is 88.0 cm³/mol. The van der Waals surface area contributed by atoms with Crippen LogP contribution in [0.25, 0.3) is 0 Å². The van der Waals surface area contributed by atoms with E-state index in [1.807, 2.05) is 6.92 Å². The van der Waals surface area contributed by atoms with Gasteiger partial charge in [0, 0.05) is 12.1 Å². The molecule has 4 nitrogen and oxygen atoms in total. The zero-order valence-electron chi connectivity index (χ0n) is 14.9. The molecule has 1 unspecified atom stereocenters. The number of benzene rings is 1. The summed E-state index contributed by atoms with van der Waals surface area (Å²) in [4.78, 5) is 26.3. The van der Waals surface area contributed by atoms with Crippen LogP contribution in [-0.4, -0.2) is 35.0 Å². The Bertz CT molecular complexity index is 596. The molecular weight excluding hydrogens is 316 g/mol. The molecule has 134 valence electrons. The average Bonchev–Trinajstić information content (AvgIpc) is 2.47. The summed E-state index contributed by atoms with van der Waals surface area (Å²) in [6.07, 6.45) is 0.944. The van der Waals surface area contributed by atoms with E-state index in [9.17, 15) is 18.4 Å². The lowest BCUT2D eigenvalue weighted by atomic mass is 10.0. The quantitative estimate of drug-likeness (QED) is 0.712. The molecule has 1 atom stereocenters. The van der Waals surface area contributed by atoms with E-state index in [4.69, 9.17) is 4.74 Å². The van der Waals surface area contributed by atoms with Crippen LogP contribution in [0.1, 0.15) is 57.8 Å². The topological polar surface area (TPSA) is 46.6 Å². The van der Waals surface area contributed by atoms with Gasteiger partial charge in [0.05, 0.1) is 6.04 Å². The summed E-state index contributed by atoms with van der Waals surface area (Å²) >= 11 is 0. The van der Waals surface area contributed by atoms with Gasteiger partial charge in [0.1, 0.15) is 5.60 Å². The second-order valence-electron chi connectivity index (χ2n) is 6.70. The van der Waals surface area contributed by atoms with E-state index in [2.05, 4.69) is 0 Å². The predicted octanol–water partition coefficient (Wildman–Crippen LogP) is 4.57. The Balaban J connectivity index is 3.01. The van der Waals surface area contributed by atoms with Crippen molar-refractivity contribution in [3.63, 3.8) is 0 Å². The molecule has 1 aromatic rings. The molecule has 0 aliphatic carbocycles. The molecule has 1 aromatic carbocycles. The highest BCUT2D eigenvalue weighted by Crippen LogP contribution is 2.17. The third-order valence-corrected chi connectivity index (χ3v) is 3.43. The van der Waals surface area contributed by atoms with E-state index in [-0.39, 0.29) is 5.56 Å². The van der Waals surface area contributed by atoms with Crippen LogP contribution >= 0.6 is 0 Å². The normalized spacial score (nSPS) is 12.6. The summed E-state index contributed by atoms with van der Waals surface area (Å²) in [5, 5.41) is 0. The molecule has 0 aliphatic heterocycles. The number of amides is 1. The van der Waals surface area contributed by atoms with Gasteiger partial charge >= 0.3 is 6.09 Å². The summed E-state index contributed by atoms with van der Waals surface area (Å²) in [6.45, 7) is 9.10. The van der Waals surface area contributed by atoms with Crippen LogP contribution in [0, 0.1) is 11.6 Å². The first-order valence-corrected chi connectivity index (χ1v) is 8.05. The van der Waals surface area contributed by atoms with Gasteiger partial charge in [0.2, 0.25) is 0 Å². The van der Waals surface area contributed by atoms with E-state index < -0.39 is 35.2 Å². The van der Waals surface area contributed by atoms with Gasteiger partial charge in [-0.25, -0.2) is 13.6 Å². The lowest BCUT2D eigenvalue weighted by Gasteiger charge is -2.31. The van der Waals surface area contributed by atoms with Crippen molar-refractivity contribution in [2.45, 2.75) is 59.1 Å². The minimum Gasteiger partial charge on any atom is -0.444 e. The van der Waals surface area contributed by atoms with Gasteiger partial charge < -0.3 is 4.74 Å². The summed E-state index contributed by atoms with van der Waals surface area (Å²) < 4.78 is 31.7. The fourth-order valence-corrected chi connectivity index (χ4v) is 2.12. The van der Waals surface area contributed by atoms with E-state index >= 15 is 0 Å². The highest BCUT2D eigenvalue weighted by molar-refractivity contribution is 6.01. The lowest BCUT2D eigenvalue weighted by Crippen LogP contribution is -2.46. The number of carbonyl (C=O) groups excluding carboxylic acids is 2. The molecule has 0 heterocycles. The average molecular weight is 341 g/mol. The van der Waals surface area contributed by atoms with Crippen LogP contribution in [0.2, 0.25) is 0 Å². The smallest absolute Gasteiger partial charge is 0.410 e. The second-order valence-corrected chi connectivity index (χ2v) is 6.70. The molecule has 6 heteroatoms. The Labute approximate surface area is 141 Å². The van der Waals surface area contributed by atoms with E-state index in [0.29, 0.717) is 13.0 Å². The number of ether oxygens (including phenoxy) is 1. The number of rotatable bonds is 6. The Morgan fingerprint density at radius 3 is 2.33 bits per heavy atom. The fourth-order valence-electron chi connectivity index (χ4n) is 2.12. The van der Waals surface area contributed by atoms with Crippen LogP contribution in [0.4, 0.5) is 13.6 Å². The van der Waals surface area contributed by atoms with Gasteiger partial charge in [-0.2, -0.15) is 0 Å².